The Kier molecular flexibility index (Phi) is 6.52. The van der Waals surface area contributed by atoms with E-state index in [-0.39, 0.29) is 18.7 Å². The van der Waals surface area contributed by atoms with Gasteiger partial charge in [-0.25, -0.2) is 0 Å². The second kappa shape index (κ2) is 8.20. The largest absolute Gasteiger partial charge is 0.481 e. The minimum Gasteiger partial charge on any atom is -0.481 e. The van der Waals surface area contributed by atoms with Crippen molar-refractivity contribution in [2.45, 2.75) is 26.2 Å². The molecule has 0 unspecified atom stereocenters. The molecular formula is C13H18N2O4. The highest BCUT2D eigenvalue weighted by atomic mass is 16.5. The summed E-state index contributed by atoms with van der Waals surface area (Å²) >= 11 is 0. The fraction of sp³-hybridized carbons (Fsp3) is 0.462. The Morgan fingerprint density at radius 2 is 2.16 bits per heavy atom. The number of carbonyl (C=O) groups excluding carboxylic acids is 1. The van der Waals surface area contributed by atoms with Gasteiger partial charge in [-0.05, 0) is 18.6 Å². The van der Waals surface area contributed by atoms with Crippen molar-refractivity contribution < 1.29 is 19.4 Å². The Hall–Kier alpha value is -1.95. The maximum atomic E-state index is 11.5. The number of aromatic nitrogens is 1. The fourth-order valence-corrected chi connectivity index (χ4v) is 1.39. The number of carbonyl (C=O) groups is 2. The van der Waals surface area contributed by atoms with E-state index in [1.807, 2.05) is 6.92 Å². The molecule has 1 amide bonds. The van der Waals surface area contributed by atoms with E-state index in [9.17, 15) is 9.59 Å². The summed E-state index contributed by atoms with van der Waals surface area (Å²) in [4.78, 5) is 26.0. The van der Waals surface area contributed by atoms with Gasteiger partial charge in [-0.2, -0.15) is 0 Å². The normalized spacial score (nSPS) is 10.2. The molecule has 0 bridgehead atoms. The van der Waals surface area contributed by atoms with E-state index in [1.54, 1.807) is 12.1 Å². The number of carboxylic acids is 1. The summed E-state index contributed by atoms with van der Waals surface area (Å²) in [6.07, 6.45) is 2.54. The Morgan fingerprint density at radius 1 is 1.37 bits per heavy atom. The van der Waals surface area contributed by atoms with E-state index in [0.717, 1.165) is 6.42 Å². The number of carboxylic acid groups (broad SMARTS) is 1. The molecule has 1 aromatic rings. The lowest BCUT2D eigenvalue weighted by atomic mass is 10.2. The summed E-state index contributed by atoms with van der Waals surface area (Å²) in [6, 6.07) is 3.22. The van der Waals surface area contributed by atoms with Crippen molar-refractivity contribution in [1.29, 1.82) is 0 Å². The highest BCUT2D eigenvalue weighted by Gasteiger charge is 2.04. The van der Waals surface area contributed by atoms with Gasteiger partial charge in [-0.15, -0.1) is 0 Å². The number of ether oxygens (including phenoxy) is 1. The van der Waals surface area contributed by atoms with Gasteiger partial charge in [0.1, 0.15) is 0 Å². The molecule has 2 N–H and O–H groups in total. The number of nitrogens with one attached hydrogen (secondary N) is 1. The third kappa shape index (κ3) is 6.52. The number of nitrogens with zero attached hydrogens (tertiary/aromatic N) is 1. The molecule has 0 fully saturated rings. The molecule has 1 rings (SSSR count). The van der Waals surface area contributed by atoms with Crippen molar-refractivity contribution in [2.24, 2.45) is 0 Å². The number of hydrogen-bond acceptors (Lipinski definition) is 4. The Labute approximate surface area is 111 Å². The van der Waals surface area contributed by atoms with E-state index in [4.69, 9.17) is 9.84 Å². The average Bonchev–Trinajstić information content (AvgIpc) is 2.36. The minimum atomic E-state index is -0.933. The second-order valence-corrected chi connectivity index (χ2v) is 4.02. The van der Waals surface area contributed by atoms with Crippen LogP contribution in [0.25, 0.3) is 0 Å². The molecule has 1 heterocycles. The van der Waals surface area contributed by atoms with E-state index < -0.39 is 5.97 Å². The second-order valence-electron chi connectivity index (χ2n) is 4.02. The Bertz CT molecular complexity index is 417. The fourth-order valence-electron chi connectivity index (χ4n) is 1.39. The molecule has 104 valence electrons. The molecule has 0 saturated carbocycles. The van der Waals surface area contributed by atoms with Crippen LogP contribution in [0.15, 0.2) is 18.3 Å². The summed E-state index contributed by atoms with van der Waals surface area (Å²) in [6.45, 7) is 3.05. The lowest BCUT2D eigenvalue weighted by molar-refractivity contribution is -0.136. The van der Waals surface area contributed by atoms with Gasteiger partial charge in [0, 0.05) is 6.61 Å². The third-order valence-corrected chi connectivity index (χ3v) is 2.26. The number of aliphatic carboxylic acids is 1. The summed E-state index contributed by atoms with van der Waals surface area (Å²) in [7, 11) is 0. The Morgan fingerprint density at radius 3 is 2.74 bits per heavy atom. The predicted molar refractivity (Wildman–Crippen MR) is 69.9 cm³/mol. The number of amides is 1. The van der Waals surface area contributed by atoms with Crippen molar-refractivity contribution in [2.75, 3.05) is 18.5 Å². The molecule has 6 heteroatoms. The molecule has 0 aliphatic rings. The van der Waals surface area contributed by atoms with Crippen LogP contribution >= 0.6 is 0 Å². The van der Waals surface area contributed by atoms with Crippen LogP contribution in [0, 0.1) is 0 Å². The van der Waals surface area contributed by atoms with Crippen LogP contribution in [0.5, 0.6) is 0 Å². The number of hydrogen-bond donors (Lipinski definition) is 2. The third-order valence-electron chi connectivity index (χ3n) is 2.26. The topological polar surface area (TPSA) is 88.5 Å². The minimum absolute atomic E-state index is 0.126. The zero-order valence-corrected chi connectivity index (χ0v) is 10.9. The lowest BCUT2D eigenvalue weighted by Crippen LogP contribution is -2.14. The van der Waals surface area contributed by atoms with Crippen molar-refractivity contribution in [1.82, 2.24) is 4.98 Å². The summed E-state index contributed by atoms with van der Waals surface area (Å²) in [5.74, 6) is -1.08. The summed E-state index contributed by atoms with van der Waals surface area (Å²) in [5, 5.41) is 11.3. The molecule has 0 radical (unpaired) electrons. The van der Waals surface area contributed by atoms with Gasteiger partial charge < -0.3 is 15.2 Å². The van der Waals surface area contributed by atoms with Crippen LogP contribution in [0.4, 0.5) is 5.69 Å². The van der Waals surface area contributed by atoms with E-state index in [0.29, 0.717) is 24.6 Å². The van der Waals surface area contributed by atoms with E-state index in [2.05, 4.69) is 10.3 Å². The summed E-state index contributed by atoms with van der Waals surface area (Å²) in [5.41, 5.74) is 1.01. The molecule has 6 nitrogen and oxygen atoms in total. The molecular weight excluding hydrogens is 248 g/mol. The first kappa shape index (κ1) is 15.1. The van der Waals surface area contributed by atoms with Crippen LogP contribution in [-0.2, 0) is 20.7 Å². The van der Waals surface area contributed by atoms with Crippen LogP contribution < -0.4 is 5.32 Å². The molecule has 0 aromatic carbocycles. The van der Waals surface area contributed by atoms with Crippen molar-refractivity contribution in [3.63, 3.8) is 0 Å². The quantitative estimate of drug-likeness (QED) is 0.695. The molecule has 0 saturated heterocycles. The van der Waals surface area contributed by atoms with E-state index in [1.165, 1.54) is 6.20 Å². The zero-order valence-electron chi connectivity index (χ0n) is 10.9. The molecule has 0 aliphatic carbocycles. The molecule has 1 aromatic heterocycles. The van der Waals surface area contributed by atoms with Crippen LogP contribution in [-0.4, -0.2) is 35.2 Å². The Balaban J connectivity index is 2.36. The molecule has 0 spiro atoms. The zero-order chi connectivity index (χ0) is 14.1. The van der Waals surface area contributed by atoms with Crippen LogP contribution in [0.2, 0.25) is 0 Å². The van der Waals surface area contributed by atoms with Gasteiger partial charge in [0.2, 0.25) is 5.91 Å². The maximum absolute atomic E-state index is 11.5. The predicted octanol–water partition coefficient (Wildman–Crippen LogP) is 1.46. The lowest BCUT2D eigenvalue weighted by Gasteiger charge is -2.06. The summed E-state index contributed by atoms with van der Waals surface area (Å²) < 4.78 is 5.21. The SMILES string of the molecule is CCCOCCC(=O)Nc1ccc(CC(=O)O)nc1. The highest BCUT2D eigenvalue weighted by molar-refractivity contribution is 5.90. The van der Waals surface area contributed by atoms with Gasteiger partial charge in [-0.3, -0.25) is 14.6 Å². The average molecular weight is 266 g/mol. The van der Waals surface area contributed by atoms with Crippen LogP contribution in [0.1, 0.15) is 25.5 Å². The highest BCUT2D eigenvalue weighted by Crippen LogP contribution is 2.07. The van der Waals surface area contributed by atoms with Crippen molar-refractivity contribution in [3.8, 4) is 0 Å². The van der Waals surface area contributed by atoms with Gasteiger partial charge >= 0.3 is 5.97 Å². The van der Waals surface area contributed by atoms with Gasteiger partial charge in [0.15, 0.2) is 0 Å². The number of anilines is 1. The number of rotatable bonds is 8. The first-order valence-electron chi connectivity index (χ1n) is 6.16. The monoisotopic (exact) mass is 266 g/mol. The first-order chi connectivity index (χ1) is 9.11. The van der Waals surface area contributed by atoms with Gasteiger partial charge in [0.05, 0.1) is 37.0 Å². The molecule has 19 heavy (non-hydrogen) atoms. The smallest absolute Gasteiger partial charge is 0.309 e. The van der Waals surface area contributed by atoms with Gasteiger partial charge in [0.25, 0.3) is 0 Å². The number of pyridine rings is 1. The molecule has 0 aliphatic heterocycles. The van der Waals surface area contributed by atoms with Gasteiger partial charge in [-0.1, -0.05) is 6.92 Å². The standard InChI is InChI=1S/C13H18N2O4/c1-2-6-19-7-5-12(16)15-11-4-3-10(14-9-11)8-13(17)18/h3-4,9H,2,5-8H2,1H3,(H,15,16)(H,17,18). The first-order valence-corrected chi connectivity index (χ1v) is 6.16. The van der Waals surface area contributed by atoms with E-state index >= 15 is 0 Å². The van der Waals surface area contributed by atoms with Crippen molar-refractivity contribution >= 4 is 17.6 Å². The van der Waals surface area contributed by atoms with Crippen molar-refractivity contribution in [3.05, 3.63) is 24.0 Å². The maximum Gasteiger partial charge on any atom is 0.309 e. The molecule has 0 atom stereocenters. The van der Waals surface area contributed by atoms with Crippen LogP contribution in [0.3, 0.4) is 0 Å².